The Morgan fingerprint density at radius 3 is 2.62 bits per heavy atom. The van der Waals surface area contributed by atoms with Crippen molar-refractivity contribution in [1.82, 2.24) is 14.2 Å². The summed E-state index contributed by atoms with van der Waals surface area (Å²) < 4.78 is 38.9. The maximum Gasteiger partial charge on any atom is 0.420 e. The molecule has 2 atom stereocenters. The number of nitrogens with zero attached hydrogens (tertiary/aromatic N) is 2. The molecule has 1 N–H and O–H groups in total. The summed E-state index contributed by atoms with van der Waals surface area (Å²) in [6.45, 7) is 5.49. The summed E-state index contributed by atoms with van der Waals surface area (Å²) in [6.07, 6.45) is 0.995. The zero-order valence-corrected chi connectivity index (χ0v) is 17.7. The lowest BCUT2D eigenvalue weighted by Gasteiger charge is -2.34. The molecule has 2 heterocycles. The number of piperidine rings is 1. The first-order chi connectivity index (χ1) is 13.7. The topological polar surface area (TPSA) is 111 Å². The van der Waals surface area contributed by atoms with Crippen LogP contribution in [0.1, 0.15) is 20.3 Å². The quantitative estimate of drug-likeness (QED) is 0.663. The molecule has 160 valence electrons. The van der Waals surface area contributed by atoms with Crippen LogP contribution in [0.2, 0.25) is 0 Å². The normalized spacial score (nSPS) is 20.8. The van der Waals surface area contributed by atoms with Crippen molar-refractivity contribution in [1.29, 1.82) is 0 Å². The van der Waals surface area contributed by atoms with Crippen molar-refractivity contribution < 1.29 is 22.4 Å². The van der Waals surface area contributed by atoms with Crippen LogP contribution >= 0.6 is 0 Å². The van der Waals surface area contributed by atoms with Crippen LogP contribution in [-0.4, -0.2) is 56.5 Å². The Kier molecular flexibility index (Phi) is 6.45. The van der Waals surface area contributed by atoms with Gasteiger partial charge < -0.3 is 14.5 Å². The van der Waals surface area contributed by atoms with Crippen LogP contribution in [-0.2, 0) is 26.1 Å². The van der Waals surface area contributed by atoms with E-state index in [1.807, 2.05) is 13.8 Å². The fourth-order valence-electron chi connectivity index (χ4n) is 3.80. The monoisotopic (exact) mass is 425 g/mol. The van der Waals surface area contributed by atoms with Crippen molar-refractivity contribution >= 4 is 27.0 Å². The van der Waals surface area contributed by atoms with Gasteiger partial charge in [-0.1, -0.05) is 13.8 Å². The molecule has 1 aliphatic heterocycles. The van der Waals surface area contributed by atoms with Gasteiger partial charge in [-0.25, -0.2) is 13.2 Å². The molecule has 1 aromatic carbocycles. The number of carbonyl (C=O) groups excluding carboxylic acids is 1. The first-order valence-electron chi connectivity index (χ1n) is 9.61. The number of carbonyl (C=O) groups is 1. The molecule has 9 nitrogen and oxygen atoms in total. The van der Waals surface area contributed by atoms with Crippen molar-refractivity contribution in [2.75, 3.05) is 33.4 Å². The average molecular weight is 426 g/mol. The molecule has 0 radical (unpaired) electrons. The lowest BCUT2D eigenvalue weighted by Crippen LogP contribution is -2.42. The number of benzene rings is 1. The number of hydrogen-bond acceptors (Lipinski definition) is 6. The van der Waals surface area contributed by atoms with Crippen molar-refractivity contribution in [3.63, 3.8) is 0 Å². The smallest absolute Gasteiger partial charge is 0.408 e. The standard InChI is InChI=1S/C19H27N3O6S/c1-13-8-14(2)11-21(10-13)29(25,26)15-4-5-16-17(9-15)28-19(24)22(16)12-18(23)20-6-7-27-3/h4-5,9,13-14H,6-8,10-12H2,1-3H3,(H,20,23)/t13-,14+. The van der Waals surface area contributed by atoms with E-state index >= 15 is 0 Å². The van der Waals surface area contributed by atoms with E-state index in [2.05, 4.69) is 5.32 Å². The Hall–Kier alpha value is -2.17. The molecule has 0 spiro atoms. The largest absolute Gasteiger partial charge is 0.420 e. The number of sulfonamides is 1. The molecule has 1 aliphatic rings. The minimum atomic E-state index is -3.69. The van der Waals surface area contributed by atoms with Gasteiger partial charge in [-0.3, -0.25) is 9.36 Å². The van der Waals surface area contributed by atoms with Gasteiger partial charge >= 0.3 is 5.76 Å². The van der Waals surface area contributed by atoms with Gasteiger partial charge in [0.15, 0.2) is 5.58 Å². The van der Waals surface area contributed by atoms with Gasteiger partial charge in [-0.15, -0.1) is 0 Å². The highest BCUT2D eigenvalue weighted by atomic mass is 32.2. The summed E-state index contributed by atoms with van der Waals surface area (Å²) in [6, 6.07) is 4.32. The summed E-state index contributed by atoms with van der Waals surface area (Å²) >= 11 is 0. The van der Waals surface area contributed by atoms with Gasteiger partial charge in [0, 0.05) is 32.8 Å². The van der Waals surface area contributed by atoms with Crippen LogP contribution in [0.3, 0.4) is 0 Å². The molecule has 3 rings (SSSR count). The van der Waals surface area contributed by atoms with Crippen LogP contribution in [0.25, 0.3) is 11.1 Å². The molecule has 1 fully saturated rings. The number of methoxy groups -OCH3 is 1. The molecule has 29 heavy (non-hydrogen) atoms. The lowest BCUT2D eigenvalue weighted by molar-refractivity contribution is -0.121. The van der Waals surface area contributed by atoms with Gasteiger partial charge in [0.05, 0.1) is 17.0 Å². The summed E-state index contributed by atoms with van der Waals surface area (Å²) in [5.41, 5.74) is 0.509. The maximum absolute atomic E-state index is 13.1. The van der Waals surface area contributed by atoms with Crippen molar-refractivity contribution in [2.24, 2.45) is 11.8 Å². The lowest BCUT2D eigenvalue weighted by atomic mass is 9.94. The molecule has 0 saturated carbocycles. The molecule has 0 bridgehead atoms. The number of ether oxygens (including phenoxy) is 1. The minimum absolute atomic E-state index is 0.0803. The third kappa shape index (κ3) is 4.71. The average Bonchev–Trinajstić information content (AvgIpc) is 2.95. The Bertz CT molecular complexity index is 1030. The van der Waals surface area contributed by atoms with Crippen LogP contribution in [0, 0.1) is 11.8 Å². The summed E-state index contributed by atoms with van der Waals surface area (Å²) in [5, 5.41) is 2.63. The Balaban J connectivity index is 1.86. The third-order valence-electron chi connectivity index (χ3n) is 5.04. The Morgan fingerprint density at radius 1 is 1.28 bits per heavy atom. The molecule has 0 unspecified atom stereocenters. The molecule has 2 aromatic rings. The Labute approximate surface area is 169 Å². The van der Waals surface area contributed by atoms with Crippen molar-refractivity contribution in [3.05, 3.63) is 28.7 Å². The van der Waals surface area contributed by atoms with Gasteiger partial charge in [0.1, 0.15) is 6.54 Å². The zero-order chi connectivity index (χ0) is 21.2. The molecule has 1 aromatic heterocycles. The van der Waals surface area contributed by atoms with E-state index < -0.39 is 15.8 Å². The number of hydrogen-bond donors (Lipinski definition) is 1. The summed E-state index contributed by atoms with van der Waals surface area (Å²) in [7, 11) is -2.17. The predicted molar refractivity (Wildman–Crippen MR) is 107 cm³/mol. The predicted octanol–water partition coefficient (Wildman–Crippen LogP) is 1.02. The highest BCUT2D eigenvalue weighted by molar-refractivity contribution is 7.89. The number of rotatable bonds is 7. The van der Waals surface area contributed by atoms with E-state index in [-0.39, 0.29) is 34.8 Å². The first-order valence-corrected chi connectivity index (χ1v) is 11.1. The SMILES string of the molecule is COCCNC(=O)Cn1c(=O)oc2cc(S(=O)(=O)N3C[C@H](C)C[C@H](C)C3)ccc21. The molecule has 10 heteroatoms. The molecule has 1 saturated heterocycles. The summed E-state index contributed by atoms with van der Waals surface area (Å²) in [4.78, 5) is 24.3. The fraction of sp³-hybridized carbons (Fsp3) is 0.579. The highest BCUT2D eigenvalue weighted by Gasteiger charge is 2.32. The zero-order valence-electron chi connectivity index (χ0n) is 16.9. The van der Waals surface area contributed by atoms with Crippen molar-refractivity contribution in [3.8, 4) is 0 Å². The minimum Gasteiger partial charge on any atom is -0.408 e. The molecule has 1 amide bonds. The van der Waals surface area contributed by atoms with E-state index in [9.17, 15) is 18.0 Å². The van der Waals surface area contributed by atoms with Crippen LogP contribution in [0.4, 0.5) is 0 Å². The second-order valence-electron chi connectivity index (χ2n) is 7.69. The van der Waals surface area contributed by atoms with E-state index in [1.165, 1.54) is 34.2 Å². The van der Waals surface area contributed by atoms with E-state index in [1.54, 1.807) is 0 Å². The summed E-state index contributed by atoms with van der Waals surface area (Å²) in [5.74, 6) is -0.503. The Morgan fingerprint density at radius 2 is 1.97 bits per heavy atom. The van der Waals surface area contributed by atoms with Gasteiger partial charge in [-0.05, 0) is 30.4 Å². The number of nitrogens with one attached hydrogen (secondary N) is 1. The number of fused-ring (bicyclic) bond motifs is 1. The molecular weight excluding hydrogens is 398 g/mol. The second kappa shape index (κ2) is 8.68. The van der Waals surface area contributed by atoms with Crippen LogP contribution in [0.5, 0.6) is 0 Å². The fourth-order valence-corrected chi connectivity index (χ4v) is 5.50. The molecule has 0 aliphatic carbocycles. The second-order valence-corrected chi connectivity index (χ2v) is 9.63. The van der Waals surface area contributed by atoms with Gasteiger partial charge in [-0.2, -0.15) is 4.31 Å². The van der Waals surface area contributed by atoms with Crippen molar-refractivity contribution in [2.45, 2.75) is 31.7 Å². The van der Waals surface area contributed by atoms with E-state index in [0.29, 0.717) is 31.8 Å². The number of amides is 1. The molecular formula is C19H27N3O6S. The third-order valence-corrected chi connectivity index (χ3v) is 6.87. The van der Waals surface area contributed by atoms with Crippen LogP contribution in [0.15, 0.2) is 32.3 Å². The van der Waals surface area contributed by atoms with E-state index in [0.717, 1.165) is 6.42 Å². The maximum atomic E-state index is 13.1. The van der Waals surface area contributed by atoms with Crippen LogP contribution < -0.4 is 11.1 Å². The van der Waals surface area contributed by atoms with Gasteiger partial charge in [0.25, 0.3) is 0 Å². The number of aromatic nitrogens is 1. The first kappa shape index (κ1) is 21.5. The van der Waals surface area contributed by atoms with Gasteiger partial charge in [0.2, 0.25) is 15.9 Å². The number of oxazole rings is 1. The highest BCUT2D eigenvalue weighted by Crippen LogP contribution is 2.28. The van der Waals surface area contributed by atoms with E-state index in [4.69, 9.17) is 9.15 Å².